The van der Waals surface area contributed by atoms with Crippen LogP contribution in [0.4, 0.5) is 0 Å². The van der Waals surface area contributed by atoms with Gasteiger partial charge in [0.1, 0.15) is 5.60 Å². The van der Waals surface area contributed by atoms with Crippen LogP contribution in [0.2, 0.25) is 0 Å². The second kappa shape index (κ2) is 7.67. The van der Waals surface area contributed by atoms with Crippen LogP contribution in [-0.2, 0) is 4.79 Å². The first kappa shape index (κ1) is 23.4. The molecule has 0 aromatic heterocycles. The van der Waals surface area contributed by atoms with Crippen LogP contribution in [0.1, 0.15) is 98.8 Å². The third kappa shape index (κ3) is 3.22. The standard InChI is InChI=1S/C27H44O4/c1-17(2)7-6-8-18(3)20-9-10-21-22-15-23(29)27(31)16-19(28)11-12-25(27,5)26(22,30)14-13-24(20,21)4/h15,17-21,28,30-31H,6-14,16H2,1-5H3/t18-,19+,20-,21+,24-,25-,26-,27+/m1/s1. The fourth-order valence-corrected chi connectivity index (χ4v) is 8.33. The minimum Gasteiger partial charge on any atom is -0.393 e. The predicted molar refractivity (Wildman–Crippen MR) is 122 cm³/mol. The number of aliphatic hydroxyl groups excluding tert-OH is 1. The molecule has 31 heavy (non-hydrogen) atoms. The van der Waals surface area contributed by atoms with Gasteiger partial charge in [0.05, 0.1) is 11.7 Å². The summed E-state index contributed by atoms with van der Waals surface area (Å²) in [6.07, 6.45) is 9.48. The highest BCUT2D eigenvalue weighted by Crippen LogP contribution is 2.68. The molecule has 0 bridgehead atoms. The van der Waals surface area contributed by atoms with Gasteiger partial charge in [-0.15, -0.1) is 0 Å². The molecule has 4 heteroatoms. The smallest absolute Gasteiger partial charge is 0.188 e. The number of fused-ring (bicyclic) bond motifs is 5. The van der Waals surface area contributed by atoms with Gasteiger partial charge < -0.3 is 15.3 Å². The van der Waals surface area contributed by atoms with Gasteiger partial charge in [-0.3, -0.25) is 4.79 Å². The van der Waals surface area contributed by atoms with Crippen LogP contribution in [0.15, 0.2) is 11.6 Å². The Morgan fingerprint density at radius 1 is 1.00 bits per heavy atom. The third-order valence-electron chi connectivity index (χ3n) is 10.4. The molecule has 0 aromatic carbocycles. The van der Waals surface area contributed by atoms with E-state index in [1.807, 2.05) is 6.92 Å². The van der Waals surface area contributed by atoms with Crippen LogP contribution in [0, 0.1) is 34.5 Å². The van der Waals surface area contributed by atoms with Crippen molar-refractivity contribution < 1.29 is 20.1 Å². The lowest BCUT2D eigenvalue weighted by Crippen LogP contribution is -2.71. The van der Waals surface area contributed by atoms with E-state index in [0.29, 0.717) is 31.1 Å². The van der Waals surface area contributed by atoms with Crippen molar-refractivity contribution in [3.05, 3.63) is 11.6 Å². The van der Waals surface area contributed by atoms with Crippen molar-refractivity contribution in [2.24, 2.45) is 34.5 Å². The molecular formula is C27H44O4. The van der Waals surface area contributed by atoms with Gasteiger partial charge in [0.15, 0.2) is 5.78 Å². The summed E-state index contributed by atoms with van der Waals surface area (Å²) in [5.41, 5.74) is -2.75. The van der Waals surface area contributed by atoms with Gasteiger partial charge in [0.25, 0.3) is 0 Å². The molecule has 0 aromatic rings. The summed E-state index contributed by atoms with van der Waals surface area (Å²) in [7, 11) is 0. The summed E-state index contributed by atoms with van der Waals surface area (Å²) in [4.78, 5) is 13.3. The van der Waals surface area contributed by atoms with Gasteiger partial charge in [-0.05, 0) is 79.3 Å². The molecule has 0 unspecified atom stereocenters. The normalized spacial score (nSPS) is 48.1. The molecule has 4 nitrogen and oxygen atoms in total. The van der Waals surface area contributed by atoms with Gasteiger partial charge in [0, 0.05) is 11.8 Å². The Balaban J connectivity index is 1.64. The number of carbonyl (C=O) groups excluding carboxylic acids is 1. The van der Waals surface area contributed by atoms with Gasteiger partial charge in [-0.2, -0.15) is 0 Å². The number of aliphatic hydroxyl groups is 3. The Bertz CT molecular complexity index is 758. The molecule has 176 valence electrons. The van der Waals surface area contributed by atoms with E-state index < -0.39 is 22.7 Å². The lowest BCUT2D eigenvalue weighted by atomic mass is 9.43. The van der Waals surface area contributed by atoms with Crippen molar-refractivity contribution in [2.45, 2.75) is 116 Å². The molecule has 8 atom stereocenters. The largest absolute Gasteiger partial charge is 0.393 e. The zero-order valence-electron chi connectivity index (χ0n) is 20.3. The van der Waals surface area contributed by atoms with Crippen molar-refractivity contribution in [3.63, 3.8) is 0 Å². The minimum atomic E-state index is -1.67. The summed E-state index contributed by atoms with van der Waals surface area (Å²) in [5, 5.41) is 33.8. The van der Waals surface area contributed by atoms with Crippen LogP contribution in [0.5, 0.6) is 0 Å². The molecule has 4 aliphatic rings. The van der Waals surface area contributed by atoms with E-state index in [-0.39, 0.29) is 23.5 Å². The number of hydrogen-bond acceptors (Lipinski definition) is 4. The summed E-state index contributed by atoms with van der Waals surface area (Å²) < 4.78 is 0. The van der Waals surface area contributed by atoms with E-state index >= 15 is 0 Å². The maximum atomic E-state index is 13.3. The van der Waals surface area contributed by atoms with Crippen molar-refractivity contribution in [3.8, 4) is 0 Å². The average molecular weight is 433 g/mol. The number of ketones is 1. The Morgan fingerprint density at radius 3 is 2.39 bits per heavy atom. The van der Waals surface area contributed by atoms with E-state index in [0.717, 1.165) is 30.8 Å². The van der Waals surface area contributed by atoms with Gasteiger partial charge in [-0.1, -0.05) is 53.9 Å². The maximum absolute atomic E-state index is 13.3. The lowest BCUT2D eigenvalue weighted by molar-refractivity contribution is -0.223. The highest BCUT2D eigenvalue weighted by molar-refractivity contribution is 6.00. The van der Waals surface area contributed by atoms with Crippen molar-refractivity contribution in [1.82, 2.24) is 0 Å². The molecule has 4 aliphatic carbocycles. The molecule has 0 spiro atoms. The first-order valence-corrected chi connectivity index (χ1v) is 12.8. The molecule has 3 saturated carbocycles. The average Bonchev–Trinajstić information content (AvgIpc) is 3.03. The van der Waals surface area contributed by atoms with E-state index in [4.69, 9.17) is 0 Å². The highest BCUT2D eigenvalue weighted by atomic mass is 16.3. The predicted octanol–water partition coefficient (Wildman–Crippen LogP) is 4.80. The molecule has 4 rings (SSSR count). The first-order chi connectivity index (χ1) is 14.4. The summed E-state index contributed by atoms with van der Waals surface area (Å²) in [6, 6.07) is 0. The second-order valence-electron chi connectivity index (χ2n) is 12.5. The fourth-order valence-electron chi connectivity index (χ4n) is 8.33. The first-order valence-electron chi connectivity index (χ1n) is 12.8. The zero-order chi connectivity index (χ0) is 22.8. The van der Waals surface area contributed by atoms with E-state index in [1.54, 1.807) is 6.08 Å². The lowest BCUT2D eigenvalue weighted by Gasteiger charge is -2.63. The monoisotopic (exact) mass is 432 g/mol. The Hall–Kier alpha value is -0.710. The number of hydrogen-bond donors (Lipinski definition) is 3. The summed E-state index contributed by atoms with van der Waals surface area (Å²) in [5.74, 6) is 1.92. The molecule has 0 heterocycles. The molecule has 0 amide bonds. The summed E-state index contributed by atoms with van der Waals surface area (Å²) >= 11 is 0. The van der Waals surface area contributed by atoms with E-state index in [9.17, 15) is 20.1 Å². The maximum Gasteiger partial charge on any atom is 0.188 e. The van der Waals surface area contributed by atoms with Crippen LogP contribution >= 0.6 is 0 Å². The summed E-state index contributed by atoms with van der Waals surface area (Å²) in [6.45, 7) is 11.3. The molecule has 0 saturated heterocycles. The quantitative estimate of drug-likeness (QED) is 0.583. The van der Waals surface area contributed by atoms with Gasteiger partial charge in [0.2, 0.25) is 0 Å². The Kier molecular flexibility index (Phi) is 5.80. The van der Waals surface area contributed by atoms with Gasteiger partial charge >= 0.3 is 0 Å². The molecule has 0 aliphatic heterocycles. The number of rotatable bonds is 5. The van der Waals surface area contributed by atoms with Crippen molar-refractivity contribution >= 4 is 5.78 Å². The Labute approximate surface area is 188 Å². The van der Waals surface area contributed by atoms with Crippen LogP contribution in [0.25, 0.3) is 0 Å². The van der Waals surface area contributed by atoms with Crippen LogP contribution < -0.4 is 0 Å². The van der Waals surface area contributed by atoms with E-state index in [1.165, 1.54) is 19.3 Å². The fraction of sp³-hybridized carbons (Fsp3) is 0.889. The molecule has 3 fully saturated rings. The van der Waals surface area contributed by atoms with Crippen molar-refractivity contribution in [1.29, 1.82) is 0 Å². The van der Waals surface area contributed by atoms with Gasteiger partial charge in [-0.25, -0.2) is 0 Å². The molecule has 0 radical (unpaired) electrons. The Morgan fingerprint density at radius 2 is 1.71 bits per heavy atom. The number of carbonyl (C=O) groups is 1. The van der Waals surface area contributed by atoms with Crippen LogP contribution in [0.3, 0.4) is 0 Å². The molecular weight excluding hydrogens is 388 g/mol. The third-order valence-corrected chi connectivity index (χ3v) is 10.4. The van der Waals surface area contributed by atoms with Crippen molar-refractivity contribution in [2.75, 3.05) is 0 Å². The SMILES string of the molecule is CC(C)CCC[C@@H](C)[C@H]1CC[C@H]2C3=CC(=O)[C@@]4(O)C[C@@H](O)CC[C@]4(C)[C@@]3(O)CC[C@]12C. The topological polar surface area (TPSA) is 77.8 Å². The molecule has 3 N–H and O–H groups in total. The highest BCUT2D eigenvalue weighted by Gasteiger charge is 2.71. The van der Waals surface area contributed by atoms with E-state index in [2.05, 4.69) is 27.7 Å². The zero-order valence-corrected chi connectivity index (χ0v) is 20.3. The second-order valence-corrected chi connectivity index (χ2v) is 12.5. The van der Waals surface area contributed by atoms with Crippen LogP contribution in [-0.4, -0.2) is 38.4 Å². The minimum absolute atomic E-state index is 0.0336.